The number of allylic oxidation sites excluding steroid dienone is 1. The normalized spacial score (nSPS) is 27.2. The quantitative estimate of drug-likeness (QED) is 0.902. The van der Waals surface area contributed by atoms with Crippen molar-refractivity contribution >= 4 is 11.8 Å². The first-order chi connectivity index (χ1) is 9.92. The van der Waals surface area contributed by atoms with Gasteiger partial charge in [-0.25, -0.2) is 0 Å². The molecule has 0 aromatic carbocycles. The predicted octanol–water partition coefficient (Wildman–Crippen LogP) is 3.76. The van der Waals surface area contributed by atoms with E-state index >= 15 is 0 Å². The lowest BCUT2D eigenvalue weighted by molar-refractivity contribution is 0.371. The molecule has 1 saturated carbocycles. The molecule has 2 aliphatic rings. The maximum absolute atomic E-state index is 5.53. The van der Waals surface area contributed by atoms with Crippen LogP contribution in [0.1, 0.15) is 36.8 Å². The highest BCUT2D eigenvalue weighted by Crippen LogP contribution is 2.39. The van der Waals surface area contributed by atoms with E-state index < -0.39 is 0 Å². The third kappa shape index (κ3) is 1.88. The van der Waals surface area contributed by atoms with Crippen molar-refractivity contribution in [3.63, 3.8) is 0 Å². The fourth-order valence-electron chi connectivity index (χ4n) is 3.15. The van der Waals surface area contributed by atoms with E-state index in [-0.39, 0.29) is 6.04 Å². The van der Waals surface area contributed by atoms with E-state index in [1.165, 1.54) is 12.0 Å². The van der Waals surface area contributed by atoms with Crippen LogP contribution in [0.2, 0.25) is 0 Å². The van der Waals surface area contributed by atoms with Gasteiger partial charge in [-0.2, -0.15) is 5.10 Å². The summed E-state index contributed by atoms with van der Waals surface area (Å²) < 4.78 is 10.9. The number of fused-ring (bicyclic) bond motifs is 1. The molecule has 4 heteroatoms. The third-order valence-corrected chi connectivity index (χ3v) is 4.08. The first-order valence-electron chi connectivity index (χ1n) is 7.03. The van der Waals surface area contributed by atoms with E-state index in [1.54, 1.807) is 12.5 Å². The number of hydrogen-bond acceptors (Lipinski definition) is 4. The number of hydrogen-bond donors (Lipinski definition) is 1. The molecule has 0 amide bonds. The lowest BCUT2D eigenvalue weighted by Gasteiger charge is -2.24. The van der Waals surface area contributed by atoms with E-state index in [0.29, 0.717) is 5.92 Å². The van der Waals surface area contributed by atoms with Crippen LogP contribution >= 0.6 is 0 Å². The Hall–Kier alpha value is -2.23. The largest absolute Gasteiger partial charge is 0.467 e. The molecule has 0 radical (unpaired) electrons. The molecule has 0 unspecified atom stereocenters. The first kappa shape index (κ1) is 11.6. The zero-order chi connectivity index (χ0) is 13.4. The van der Waals surface area contributed by atoms with Gasteiger partial charge in [0, 0.05) is 5.92 Å². The first-order valence-corrected chi connectivity index (χ1v) is 7.03. The van der Waals surface area contributed by atoms with Gasteiger partial charge in [0.15, 0.2) is 0 Å². The maximum Gasteiger partial charge on any atom is 0.128 e. The molecular formula is C16H16N2O2. The molecule has 2 atom stereocenters. The van der Waals surface area contributed by atoms with E-state index in [9.17, 15) is 0 Å². The van der Waals surface area contributed by atoms with Gasteiger partial charge in [0.05, 0.1) is 18.2 Å². The van der Waals surface area contributed by atoms with Crippen molar-refractivity contribution < 1.29 is 8.83 Å². The average Bonchev–Trinajstić information content (AvgIpc) is 3.20. The van der Waals surface area contributed by atoms with Crippen molar-refractivity contribution in [3.05, 3.63) is 53.9 Å². The molecule has 102 valence electrons. The summed E-state index contributed by atoms with van der Waals surface area (Å²) in [7, 11) is 0. The lowest BCUT2D eigenvalue weighted by atomic mass is 9.79. The summed E-state index contributed by atoms with van der Waals surface area (Å²) in [5.41, 5.74) is 5.67. The van der Waals surface area contributed by atoms with Gasteiger partial charge in [-0.3, -0.25) is 5.43 Å². The molecule has 0 bridgehead atoms. The van der Waals surface area contributed by atoms with Crippen molar-refractivity contribution in [2.75, 3.05) is 0 Å². The van der Waals surface area contributed by atoms with Gasteiger partial charge < -0.3 is 8.83 Å². The van der Waals surface area contributed by atoms with E-state index in [1.807, 2.05) is 24.3 Å². The van der Waals surface area contributed by atoms with Crippen molar-refractivity contribution in [2.45, 2.75) is 25.3 Å². The summed E-state index contributed by atoms with van der Waals surface area (Å²) in [5, 5.41) is 4.55. The molecule has 1 N–H and O–H groups in total. The summed E-state index contributed by atoms with van der Waals surface area (Å²) in [6, 6.07) is 8.00. The minimum atomic E-state index is 0.167. The molecule has 2 aromatic rings. The van der Waals surface area contributed by atoms with E-state index in [0.717, 1.165) is 30.1 Å². The topological polar surface area (TPSA) is 50.7 Å². The van der Waals surface area contributed by atoms with Crippen molar-refractivity contribution in [3.8, 4) is 0 Å². The van der Waals surface area contributed by atoms with Crippen LogP contribution in [0.4, 0.5) is 0 Å². The van der Waals surface area contributed by atoms with Crippen LogP contribution in [-0.2, 0) is 0 Å². The van der Waals surface area contributed by atoms with Gasteiger partial charge in [-0.05, 0) is 55.2 Å². The predicted molar refractivity (Wildman–Crippen MR) is 76.0 cm³/mol. The van der Waals surface area contributed by atoms with Gasteiger partial charge in [0.2, 0.25) is 0 Å². The van der Waals surface area contributed by atoms with Crippen LogP contribution in [0.3, 0.4) is 0 Å². The van der Waals surface area contributed by atoms with Crippen LogP contribution in [0, 0.1) is 5.92 Å². The van der Waals surface area contributed by atoms with Gasteiger partial charge >= 0.3 is 0 Å². The molecule has 0 spiro atoms. The van der Waals surface area contributed by atoms with Gasteiger partial charge in [0.25, 0.3) is 0 Å². The van der Waals surface area contributed by atoms with Crippen molar-refractivity contribution in [1.82, 2.24) is 5.43 Å². The Morgan fingerprint density at radius 3 is 2.90 bits per heavy atom. The highest BCUT2D eigenvalue weighted by Gasteiger charge is 2.38. The Bertz CT molecular complexity index is 638. The van der Waals surface area contributed by atoms with Crippen LogP contribution in [0.25, 0.3) is 6.08 Å². The summed E-state index contributed by atoms with van der Waals surface area (Å²) in [6.45, 7) is 0. The molecule has 0 saturated heterocycles. The number of nitrogens with one attached hydrogen (secondary N) is 1. The molecule has 4 rings (SSSR count). The van der Waals surface area contributed by atoms with Crippen molar-refractivity contribution in [1.29, 1.82) is 0 Å². The van der Waals surface area contributed by atoms with Gasteiger partial charge in [0.1, 0.15) is 17.6 Å². The number of furan rings is 2. The molecule has 1 fully saturated rings. The molecule has 1 aliphatic heterocycles. The second-order valence-corrected chi connectivity index (χ2v) is 5.30. The monoisotopic (exact) mass is 268 g/mol. The number of nitrogens with zero attached hydrogens (tertiary/aromatic N) is 1. The fraction of sp³-hybridized carbons (Fsp3) is 0.312. The zero-order valence-corrected chi connectivity index (χ0v) is 11.1. The summed E-state index contributed by atoms with van der Waals surface area (Å²) in [4.78, 5) is 0. The zero-order valence-electron chi connectivity index (χ0n) is 11.1. The Morgan fingerprint density at radius 1 is 1.20 bits per heavy atom. The molecule has 20 heavy (non-hydrogen) atoms. The molecule has 2 aromatic heterocycles. The minimum absolute atomic E-state index is 0.167. The second kappa shape index (κ2) is 4.71. The SMILES string of the molecule is C(=C1CCC[C@H]2C1=NN[C@H]2c1ccco1)c1ccco1. The molecular weight excluding hydrogens is 252 g/mol. The third-order valence-electron chi connectivity index (χ3n) is 4.08. The standard InChI is InChI=1S/C16H16N2O2/c1-4-11(10-12-5-2-8-19-12)15-13(6-1)16(18-17-15)14-7-3-9-20-14/h2-3,5,7-10,13,16,18H,1,4,6H2/t13-,16+/m0/s1. The second-order valence-electron chi connectivity index (χ2n) is 5.30. The minimum Gasteiger partial charge on any atom is -0.467 e. The smallest absolute Gasteiger partial charge is 0.128 e. The van der Waals surface area contributed by atoms with Crippen molar-refractivity contribution in [2.24, 2.45) is 11.0 Å². The van der Waals surface area contributed by atoms with Crippen LogP contribution in [0.5, 0.6) is 0 Å². The van der Waals surface area contributed by atoms with Crippen LogP contribution < -0.4 is 5.43 Å². The van der Waals surface area contributed by atoms with Gasteiger partial charge in [-0.1, -0.05) is 0 Å². The Balaban J connectivity index is 1.63. The highest BCUT2D eigenvalue weighted by molar-refractivity contribution is 6.06. The van der Waals surface area contributed by atoms with Gasteiger partial charge in [-0.15, -0.1) is 0 Å². The average molecular weight is 268 g/mol. The maximum atomic E-state index is 5.53. The Morgan fingerprint density at radius 2 is 2.10 bits per heavy atom. The molecule has 4 nitrogen and oxygen atoms in total. The van der Waals surface area contributed by atoms with E-state index in [2.05, 4.69) is 16.6 Å². The van der Waals surface area contributed by atoms with Crippen LogP contribution in [0.15, 0.2) is 56.3 Å². The lowest BCUT2D eigenvalue weighted by Crippen LogP contribution is -2.25. The fourth-order valence-corrected chi connectivity index (χ4v) is 3.15. The van der Waals surface area contributed by atoms with Crippen LogP contribution in [-0.4, -0.2) is 5.71 Å². The summed E-state index contributed by atoms with van der Waals surface area (Å²) >= 11 is 0. The Kier molecular flexibility index (Phi) is 2.73. The van der Waals surface area contributed by atoms with E-state index in [4.69, 9.17) is 8.83 Å². The number of rotatable bonds is 2. The summed E-state index contributed by atoms with van der Waals surface area (Å²) in [6.07, 6.45) is 8.91. The Labute approximate surface area is 117 Å². The number of hydrazone groups is 1. The molecule has 3 heterocycles. The highest BCUT2D eigenvalue weighted by atomic mass is 16.3. The summed E-state index contributed by atoms with van der Waals surface area (Å²) in [5.74, 6) is 2.26. The molecule has 1 aliphatic carbocycles.